The maximum absolute atomic E-state index is 14.0. The van der Waals surface area contributed by atoms with Crippen LogP contribution in [0, 0.1) is 29.4 Å². The highest BCUT2D eigenvalue weighted by Crippen LogP contribution is 2.44. The molecule has 0 aliphatic heterocycles. The van der Waals surface area contributed by atoms with Gasteiger partial charge in [0.25, 0.3) is 0 Å². The second-order valence-electron chi connectivity index (χ2n) is 7.85. The van der Waals surface area contributed by atoms with Gasteiger partial charge in [-0.1, -0.05) is 32.6 Å². The van der Waals surface area contributed by atoms with Crippen LogP contribution in [0.5, 0.6) is 0 Å². The summed E-state index contributed by atoms with van der Waals surface area (Å²) in [5.41, 5.74) is 0.607. The van der Waals surface area contributed by atoms with Gasteiger partial charge >= 0.3 is 0 Å². The van der Waals surface area contributed by atoms with E-state index in [9.17, 15) is 8.78 Å². The van der Waals surface area contributed by atoms with Crippen molar-refractivity contribution in [1.29, 1.82) is 0 Å². The molecule has 0 aromatic heterocycles. The molecule has 2 saturated carbocycles. The average Bonchev–Trinajstić information content (AvgIpc) is 2.58. The predicted octanol–water partition coefficient (Wildman–Crippen LogP) is 6.85. The molecular formula is C21H30F2. The van der Waals surface area contributed by atoms with E-state index in [-0.39, 0.29) is 17.6 Å². The van der Waals surface area contributed by atoms with Crippen LogP contribution < -0.4 is 0 Å². The smallest absolute Gasteiger partial charge is 0.126 e. The number of benzene rings is 1. The van der Waals surface area contributed by atoms with Crippen LogP contribution in [-0.4, -0.2) is 0 Å². The van der Waals surface area contributed by atoms with E-state index in [1.165, 1.54) is 69.6 Å². The summed E-state index contributed by atoms with van der Waals surface area (Å²) in [7, 11) is 0. The molecule has 2 fully saturated rings. The molecule has 128 valence electrons. The molecule has 23 heavy (non-hydrogen) atoms. The lowest BCUT2D eigenvalue weighted by Crippen LogP contribution is -2.25. The lowest BCUT2D eigenvalue weighted by molar-refractivity contribution is 0.156. The molecule has 0 amide bonds. The van der Waals surface area contributed by atoms with Crippen molar-refractivity contribution in [2.75, 3.05) is 0 Å². The van der Waals surface area contributed by atoms with Crippen molar-refractivity contribution in [3.63, 3.8) is 0 Å². The summed E-state index contributed by atoms with van der Waals surface area (Å²) >= 11 is 0. The lowest BCUT2D eigenvalue weighted by atomic mass is 9.68. The molecular weight excluding hydrogens is 290 g/mol. The molecule has 2 aliphatic rings. The highest BCUT2D eigenvalue weighted by molar-refractivity contribution is 5.23. The largest absolute Gasteiger partial charge is 0.207 e. The number of halogens is 2. The standard InChI is InChI=1S/C21H30F2/c1-2-3-15-4-6-16(7-5-15)17-8-10-18(11-9-17)20-14-19(22)12-13-21(20)23/h12-18H,2-11H2,1H3. The molecule has 0 spiro atoms. The molecule has 0 heterocycles. The molecule has 0 bridgehead atoms. The fourth-order valence-corrected chi connectivity index (χ4v) is 5.09. The summed E-state index contributed by atoms with van der Waals surface area (Å²) in [5, 5.41) is 0. The quantitative estimate of drug-likeness (QED) is 0.569. The number of hydrogen-bond acceptors (Lipinski definition) is 0. The van der Waals surface area contributed by atoms with Gasteiger partial charge in [-0.15, -0.1) is 0 Å². The van der Waals surface area contributed by atoms with Crippen molar-refractivity contribution < 1.29 is 8.78 Å². The van der Waals surface area contributed by atoms with Crippen LogP contribution >= 0.6 is 0 Å². The Morgan fingerprint density at radius 3 is 2.09 bits per heavy atom. The van der Waals surface area contributed by atoms with Gasteiger partial charge in [0.05, 0.1) is 0 Å². The molecule has 0 nitrogen and oxygen atoms in total. The van der Waals surface area contributed by atoms with E-state index >= 15 is 0 Å². The van der Waals surface area contributed by atoms with Crippen LogP contribution in [0.25, 0.3) is 0 Å². The van der Waals surface area contributed by atoms with Gasteiger partial charge in [-0.05, 0) is 86.0 Å². The van der Waals surface area contributed by atoms with Crippen molar-refractivity contribution in [3.05, 3.63) is 35.4 Å². The Hall–Kier alpha value is -0.920. The van der Waals surface area contributed by atoms with Gasteiger partial charge in [-0.2, -0.15) is 0 Å². The van der Waals surface area contributed by atoms with Crippen molar-refractivity contribution in [3.8, 4) is 0 Å². The maximum Gasteiger partial charge on any atom is 0.126 e. The van der Waals surface area contributed by atoms with E-state index in [0.717, 1.165) is 30.6 Å². The Labute approximate surface area is 139 Å². The van der Waals surface area contributed by atoms with Crippen LogP contribution in [-0.2, 0) is 0 Å². The van der Waals surface area contributed by atoms with Crippen LogP contribution in [0.15, 0.2) is 18.2 Å². The monoisotopic (exact) mass is 320 g/mol. The molecule has 3 rings (SSSR count). The van der Waals surface area contributed by atoms with Crippen molar-refractivity contribution in [2.45, 2.75) is 77.0 Å². The summed E-state index contributed by atoms with van der Waals surface area (Å²) in [6, 6.07) is 3.92. The second-order valence-corrected chi connectivity index (χ2v) is 7.85. The van der Waals surface area contributed by atoms with Gasteiger partial charge < -0.3 is 0 Å². The first-order valence-corrected chi connectivity index (χ1v) is 9.62. The Kier molecular flexibility index (Phi) is 5.71. The zero-order valence-corrected chi connectivity index (χ0v) is 14.4. The summed E-state index contributed by atoms with van der Waals surface area (Å²) in [6.07, 6.45) is 12.8. The normalized spacial score (nSPS) is 32.0. The van der Waals surface area contributed by atoms with Crippen molar-refractivity contribution in [1.82, 2.24) is 0 Å². The summed E-state index contributed by atoms with van der Waals surface area (Å²) in [6.45, 7) is 2.29. The average molecular weight is 320 g/mol. The molecule has 0 N–H and O–H groups in total. The zero-order chi connectivity index (χ0) is 16.2. The summed E-state index contributed by atoms with van der Waals surface area (Å²) in [5.74, 6) is 2.37. The second kappa shape index (κ2) is 7.77. The first kappa shape index (κ1) is 16.9. The summed E-state index contributed by atoms with van der Waals surface area (Å²) in [4.78, 5) is 0. The van der Waals surface area contributed by atoms with Gasteiger partial charge in [0.2, 0.25) is 0 Å². The number of rotatable bonds is 4. The third kappa shape index (κ3) is 4.14. The molecule has 1 aromatic rings. The number of hydrogen-bond donors (Lipinski definition) is 0. The minimum Gasteiger partial charge on any atom is -0.207 e. The Morgan fingerprint density at radius 2 is 1.48 bits per heavy atom. The van der Waals surface area contributed by atoms with Gasteiger partial charge in [-0.3, -0.25) is 0 Å². The lowest BCUT2D eigenvalue weighted by Gasteiger charge is -2.38. The highest BCUT2D eigenvalue weighted by Gasteiger charge is 2.31. The molecule has 2 heteroatoms. The Bertz CT molecular complexity index is 495. The van der Waals surface area contributed by atoms with Gasteiger partial charge in [-0.25, -0.2) is 8.78 Å². The summed E-state index contributed by atoms with van der Waals surface area (Å²) < 4.78 is 27.4. The SMILES string of the molecule is CCCC1CCC(C2CCC(c3cc(F)ccc3F)CC2)CC1. The van der Waals surface area contributed by atoms with Crippen LogP contribution in [0.3, 0.4) is 0 Å². The van der Waals surface area contributed by atoms with Crippen LogP contribution in [0.1, 0.15) is 82.6 Å². The topological polar surface area (TPSA) is 0 Å². The van der Waals surface area contributed by atoms with E-state index in [4.69, 9.17) is 0 Å². The molecule has 1 aromatic carbocycles. The molecule has 0 saturated heterocycles. The van der Waals surface area contributed by atoms with Crippen molar-refractivity contribution >= 4 is 0 Å². The minimum atomic E-state index is -0.308. The van der Waals surface area contributed by atoms with Crippen LogP contribution in [0.2, 0.25) is 0 Å². The zero-order valence-electron chi connectivity index (χ0n) is 14.4. The molecule has 2 aliphatic carbocycles. The first-order valence-electron chi connectivity index (χ1n) is 9.62. The third-order valence-corrected chi connectivity index (χ3v) is 6.42. The van der Waals surface area contributed by atoms with E-state index in [1.54, 1.807) is 0 Å². The van der Waals surface area contributed by atoms with E-state index in [1.807, 2.05) is 0 Å². The first-order chi connectivity index (χ1) is 11.2. The van der Waals surface area contributed by atoms with Crippen molar-refractivity contribution in [2.24, 2.45) is 17.8 Å². The fraction of sp³-hybridized carbons (Fsp3) is 0.714. The third-order valence-electron chi connectivity index (χ3n) is 6.42. The predicted molar refractivity (Wildman–Crippen MR) is 91.4 cm³/mol. The van der Waals surface area contributed by atoms with E-state index < -0.39 is 0 Å². The minimum absolute atomic E-state index is 0.221. The fourth-order valence-electron chi connectivity index (χ4n) is 5.09. The van der Waals surface area contributed by atoms with E-state index in [2.05, 4.69) is 6.92 Å². The van der Waals surface area contributed by atoms with Gasteiger partial charge in [0.1, 0.15) is 11.6 Å². The van der Waals surface area contributed by atoms with E-state index in [0.29, 0.717) is 5.56 Å². The van der Waals surface area contributed by atoms with Crippen LogP contribution in [0.4, 0.5) is 8.78 Å². The molecule has 0 radical (unpaired) electrons. The Balaban J connectivity index is 1.52. The van der Waals surface area contributed by atoms with Gasteiger partial charge in [0.15, 0.2) is 0 Å². The molecule has 0 unspecified atom stereocenters. The Morgan fingerprint density at radius 1 is 0.870 bits per heavy atom. The molecule has 0 atom stereocenters. The maximum atomic E-state index is 14.0. The van der Waals surface area contributed by atoms with Gasteiger partial charge in [0, 0.05) is 0 Å². The highest BCUT2D eigenvalue weighted by atomic mass is 19.1.